The highest BCUT2D eigenvalue weighted by atomic mass is 79.9. The lowest BCUT2D eigenvalue weighted by molar-refractivity contribution is 0.204. The molecule has 0 radical (unpaired) electrons. The minimum Gasteiger partial charge on any atom is -0.508 e. The van der Waals surface area contributed by atoms with E-state index in [2.05, 4.69) is 31.0 Å². The summed E-state index contributed by atoms with van der Waals surface area (Å²) < 4.78 is 12.3. The minimum atomic E-state index is 0.257. The molecule has 0 unspecified atom stereocenters. The second kappa shape index (κ2) is 8.41. The van der Waals surface area contributed by atoms with E-state index in [9.17, 15) is 5.11 Å². The second-order valence-corrected chi connectivity index (χ2v) is 7.28. The predicted molar refractivity (Wildman–Crippen MR) is 107 cm³/mol. The van der Waals surface area contributed by atoms with Gasteiger partial charge in [-0.05, 0) is 42.5 Å². The Labute approximate surface area is 170 Å². The number of para-hydroxylation sites is 1. The molecule has 0 aliphatic heterocycles. The molecule has 0 saturated heterocycles. The van der Waals surface area contributed by atoms with Gasteiger partial charge in [0, 0.05) is 22.1 Å². The van der Waals surface area contributed by atoms with Gasteiger partial charge in [0.25, 0.3) is 0 Å². The SMILES string of the molecule is Oc1ccccc1CN(Cc1ccco1)Cc1nnc(-c2ccc(Br)cc2)o1. The van der Waals surface area contributed by atoms with Crippen LogP contribution in [0.5, 0.6) is 5.75 Å². The summed E-state index contributed by atoms with van der Waals surface area (Å²) in [5.41, 5.74) is 1.68. The number of halogens is 1. The fourth-order valence-electron chi connectivity index (χ4n) is 2.89. The standard InChI is InChI=1S/C21H18BrN3O3/c22-17-9-7-15(8-10-17)21-24-23-20(28-21)14-25(13-18-5-3-11-27-18)12-16-4-1-2-6-19(16)26/h1-11,26H,12-14H2. The van der Waals surface area contributed by atoms with Gasteiger partial charge >= 0.3 is 0 Å². The second-order valence-electron chi connectivity index (χ2n) is 6.36. The fourth-order valence-corrected chi connectivity index (χ4v) is 3.16. The number of aromatic nitrogens is 2. The molecule has 28 heavy (non-hydrogen) atoms. The van der Waals surface area contributed by atoms with E-state index in [0.717, 1.165) is 21.4 Å². The smallest absolute Gasteiger partial charge is 0.247 e. The number of hydrogen-bond donors (Lipinski definition) is 1. The Kier molecular flexibility index (Phi) is 5.55. The lowest BCUT2D eigenvalue weighted by Crippen LogP contribution is -2.22. The molecule has 0 bridgehead atoms. The Hall–Kier alpha value is -2.90. The van der Waals surface area contributed by atoms with Crippen molar-refractivity contribution < 1.29 is 13.9 Å². The van der Waals surface area contributed by atoms with Crippen molar-refractivity contribution in [3.8, 4) is 17.2 Å². The van der Waals surface area contributed by atoms with Crippen molar-refractivity contribution in [3.63, 3.8) is 0 Å². The summed E-state index contributed by atoms with van der Waals surface area (Å²) in [4.78, 5) is 2.08. The lowest BCUT2D eigenvalue weighted by Gasteiger charge is -2.20. The Bertz CT molecular complexity index is 1030. The van der Waals surface area contributed by atoms with Crippen molar-refractivity contribution in [3.05, 3.63) is 88.6 Å². The zero-order valence-corrected chi connectivity index (χ0v) is 16.5. The van der Waals surface area contributed by atoms with Crippen LogP contribution in [0.2, 0.25) is 0 Å². The number of benzene rings is 2. The van der Waals surface area contributed by atoms with Gasteiger partial charge in [0.2, 0.25) is 11.8 Å². The summed E-state index contributed by atoms with van der Waals surface area (Å²) in [5, 5.41) is 18.5. The molecule has 4 aromatic rings. The molecule has 6 nitrogen and oxygen atoms in total. The number of rotatable bonds is 7. The van der Waals surface area contributed by atoms with E-state index in [-0.39, 0.29) is 5.75 Å². The number of nitrogens with zero attached hydrogens (tertiary/aromatic N) is 3. The summed E-state index contributed by atoms with van der Waals surface area (Å²) in [5.74, 6) is 2.05. The van der Waals surface area contributed by atoms with Crippen molar-refractivity contribution in [2.75, 3.05) is 0 Å². The Morgan fingerprint density at radius 3 is 2.46 bits per heavy atom. The first kappa shape index (κ1) is 18.5. The molecule has 0 fully saturated rings. The largest absolute Gasteiger partial charge is 0.508 e. The molecule has 0 aliphatic rings. The summed E-state index contributed by atoms with van der Waals surface area (Å²) in [6, 6.07) is 18.8. The molecule has 0 atom stereocenters. The molecule has 0 amide bonds. The third-order valence-electron chi connectivity index (χ3n) is 4.26. The Balaban J connectivity index is 1.53. The fraction of sp³-hybridized carbons (Fsp3) is 0.143. The van der Waals surface area contributed by atoms with Gasteiger partial charge in [-0.3, -0.25) is 4.90 Å². The van der Waals surface area contributed by atoms with Crippen LogP contribution in [0.1, 0.15) is 17.2 Å². The van der Waals surface area contributed by atoms with E-state index >= 15 is 0 Å². The topological polar surface area (TPSA) is 75.5 Å². The monoisotopic (exact) mass is 439 g/mol. The van der Waals surface area contributed by atoms with E-state index in [1.807, 2.05) is 48.5 Å². The average Bonchev–Trinajstić information content (AvgIpc) is 3.36. The maximum Gasteiger partial charge on any atom is 0.247 e. The van der Waals surface area contributed by atoms with Gasteiger partial charge in [0.15, 0.2) is 0 Å². The maximum atomic E-state index is 10.1. The predicted octanol–water partition coefficient (Wildman–Crippen LogP) is 5.00. The molecule has 0 aliphatic carbocycles. The van der Waals surface area contributed by atoms with Gasteiger partial charge in [0.05, 0.1) is 19.4 Å². The highest BCUT2D eigenvalue weighted by Gasteiger charge is 2.16. The number of phenols is 1. The van der Waals surface area contributed by atoms with Crippen molar-refractivity contribution in [2.45, 2.75) is 19.6 Å². The number of phenolic OH excluding ortho intramolecular Hbond substituents is 1. The molecule has 4 rings (SSSR count). The van der Waals surface area contributed by atoms with Gasteiger partial charge in [-0.2, -0.15) is 0 Å². The molecule has 0 spiro atoms. The lowest BCUT2D eigenvalue weighted by atomic mass is 10.2. The quantitative estimate of drug-likeness (QED) is 0.436. The van der Waals surface area contributed by atoms with Crippen molar-refractivity contribution in [1.29, 1.82) is 0 Å². The van der Waals surface area contributed by atoms with Crippen molar-refractivity contribution >= 4 is 15.9 Å². The molecular weight excluding hydrogens is 422 g/mol. The van der Waals surface area contributed by atoms with E-state index in [1.54, 1.807) is 18.4 Å². The third-order valence-corrected chi connectivity index (χ3v) is 4.79. The van der Waals surface area contributed by atoms with Crippen LogP contribution in [-0.2, 0) is 19.6 Å². The molecule has 142 valence electrons. The van der Waals surface area contributed by atoms with Gasteiger partial charge in [0.1, 0.15) is 11.5 Å². The summed E-state index contributed by atoms with van der Waals surface area (Å²) >= 11 is 3.42. The summed E-state index contributed by atoms with van der Waals surface area (Å²) in [6.45, 7) is 1.50. The maximum absolute atomic E-state index is 10.1. The van der Waals surface area contributed by atoms with Crippen LogP contribution in [0, 0.1) is 0 Å². The van der Waals surface area contributed by atoms with E-state index in [4.69, 9.17) is 8.83 Å². The van der Waals surface area contributed by atoms with Crippen LogP contribution in [0.3, 0.4) is 0 Å². The molecule has 2 aromatic heterocycles. The number of aromatic hydroxyl groups is 1. The van der Waals surface area contributed by atoms with Gasteiger partial charge in [-0.15, -0.1) is 10.2 Å². The van der Waals surface area contributed by atoms with Crippen molar-refractivity contribution in [2.24, 2.45) is 0 Å². The first-order chi connectivity index (χ1) is 13.7. The number of furan rings is 1. The third kappa shape index (κ3) is 4.49. The average molecular weight is 440 g/mol. The van der Waals surface area contributed by atoms with Crippen LogP contribution >= 0.6 is 15.9 Å². The van der Waals surface area contributed by atoms with Crippen LogP contribution in [0.15, 0.2) is 80.2 Å². The van der Waals surface area contributed by atoms with Gasteiger partial charge in [-0.25, -0.2) is 0 Å². The van der Waals surface area contributed by atoms with Crippen LogP contribution in [0.4, 0.5) is 0 Å². The zero-order valence-electron chi connectivity index (χ0n) is 15.0. The van der Waals surface area contributed by atoms with Crippen LogP contribution in [-0.4, -0.2) is 20.2 Å². The molecule has 7 heteroatoms. The normalized spacial score (nSPS) is 11.2. The van der Waals surface area contributed by atoms with Gasteiger partial charge < -0.3 is 13.9 Å². The van der Waals surface area contributed by atoms with Crippen LogP contribution in [0.25, 0.3) is 11.5 Å². The molecular formula is C21H18BrN3O3. The Morgan fingerprint density at radius 2 is 1.71 bits per heavy atom. The number of hydrogen-bond acceptors (Lipinski definition) is 6. The zero-order chi connectivity index (χ0) is 19.3. The van der Waals surface area contributed by atoms with E-state index < -0.39 is 0 Å². The highest BCUT2D eigenvalue weighted by Crippen LogP contribution is 2.23. The highest BCUT2D eigenvalue weighted by molar-refractivity contribution is 9.10. The minimum absolute atomic E-state index is 0.257. The first-order valence-corrected chi connectivity index (χ1v) is 9.56. The van der Waals surface area contributed by atoms with E-state index in [1.165, 1.54) is 0 Å². The molecule has 1 N–H and O–H groups in total. The van der Waals surface area contributed by atoms with E-state index in [0.29, 0.717) is 31.4 Å². The molecule has 0 saturated carbocycles. The van der Waals surface area contributed by atoms with Gasteiger partial charge in [-0.1, -0.05) is 34.1 Å². The molecule has 2 aromatic carbocycles. The van der Waals surface area contributed by atoms with Crippen LogP contribution < -0.4 is 0 Å². The summed E-state index contributed by atoms with van der Waals surface area (Å²) in [7, 11) is 0. The summed E-state index contributed by atoms with van der Waals surface area (Å²) in [6.07, 6.45) is 1.64. The Morgan fingerprint density at radius 1 is 0.893 bits per heavy atom. The van der Waals surface area contributed by atoms with Crippen molar-refractivity contribution in [1.82, 2.24) is 15.1 Å². The first-order valence-electron chi connectivity index (χ1n) is 8.77. The molecule has 2 heterocycles.